The van der Waals surface area contributed by atoms with Crippen molar-refractivity contribution >= 4 is 33.6 Å². The molecule has 0 aliphatic rings. The van der Waals surface area contributed by atoms with E-state index in [9.17, 15) is 43.5 Å². The zero-order valence-electron chi connectivity index (χ0n) is 77.2. The van der Waals surface area contributed by atoms with Crippen molar-refractivity contribution in [1.29, 1.82) is 0 Å². The maximum atomic E-state index is 13.1. The van der Waals surface area contributed by atoms with Crippen LogP contribution in [-0.2, 0) is 55.8 Å². The first-order valence-corrected chi connectivity index (χ1v) is 52.1. The Hall–Kier alpha value is -4.57. The second-order valence-corrected chi connectivity index (χ2v) is 35.8. The Kier molecular flexibility index (Phi) is 91.0. The molecule has 0 heterocycles. The quantitative estimate of drug-likeness (QED) is 0.0146. The number of carbonyl (C=O) groups is 3. The van der Waals surface area contributed by atoms with Crippen molar-refractivity contribution in [2.45, 2.75) is 450 Å². The van der Waals surface area contributed by atoms with E-state index in [0.29, 0.717) is 19.3 Å². The summed E-state index contributed by atoms with van der Waals surface area (Å²) in [5, 5.41) is 20.8. The van der Waals surface area contributed by atoms with E-state index in [1.54, 1.807) is 0 Å². The van der Waals surface area contributed by atoms with Gasteiger partial charge in [0, 0.05) is 19.3 Å². The highest BCUT2D eigenvalue weighted by molar-refractivity contribution is 7.47. The number of aliphatic hydroxyl groups excluding tert-OH is 2. The molecule has 0 spiro atoms. The SMILES string of the molecule is CCCCC/C=C\C/C=C\C/C=C\C/C=C\CCCCCCCCCCCCCCCC(=O)OCC(O)COP(=O)(O)OCC(O)COP(=O)(O)OCC(COC(=O)CCCCCCCCCCCCCCC/C=C\C/C=C\C/C=C\C/C=C\CCCCC)OC(=O)CCCCCCCCCCCCC/C=C\C/C=C\C/C=C\C/C=C\CCCCC. The number of aliphatic hydroxyl groups is 2. The Bertz CT molecular complexity index is 2780. The van der Waals surface area contributed by atoms with Gasteiger partial charge in [0.15, 0.2) is 6.10 Å². The first-order valence-electron chi connectivity index (χ1n) is 49.1. The first kappa shape index (κ1) is 116. The number of phosphoric ester groups is 2. The van der Waals surface area contributed by atoms with E-state index >= 15 is 0 Å². The van der Waals surface area contributed by atoms with Crippen LogP contribution >= 0.6 is 15.6 Å². The zero-order chi connectivity index (χ0) is 87.9. The minimum Gasteiger partial charge on any atom is -0.463 e. The van der Waals surface area contributed by atoms with Gasteiger partial charge in [0.25, 0.3) is 0 Å². The minimum atomic E-state index is -4.95. The number of unbranched alkanes of at least 4 members (excludes halogenated alkanes) is 46. The van der Waals surface area contributed by atoms with Gasteiger partial charge in [-0.1, -0.05) is 404 Å². The highest BCUT2D eigenvalue weighted by Gasteiger charge is 2.30. The molecule has 0 aliphatic carbocycles. The fraction of sp³-hybridized carbons (Fsp3) is 0.738. The Morgan fingerprint density at radius 3 is 0.653 bits per heavy atom. The molecule has 0 amide bonds. The van der Waals surface area contributed by atoms with Gasteiger partial charge in [-0.05, 0) is 154 Å². The molecule has 0 saturated carbocycles. The molecule has 0 rings (SSSR count). The van der Waals surface area contributed by atoms with Gasteiger partial charge >= 0.3 is 33.6 Å². The third kappa shape index (κ3) is 95.9. The molecule has 121 heavy (non-hydrogen) atoms. The van der Waals surface area contributed by atoms with Crippen LogP contribution in [-0.4, -0.2) is 95.9 Å². The molecule has 18 heteroatoms. The van der Waals surface area contributed by atoms with Crippen LogP contribution in [0.4, 0.5) is 0 Å². The second-order valence-electron chi connectivity index (χ2n) is 32.9. The maximum Gasteiger partial charge on any atom is 0.472 e. The van der Waals surface area contributed by atoms with Gasteiger partial charge in [-0.15, -0.1) is 0 Å². The number of rotatable bonds is 93. The van der Waals surface area contributed by atoms with Crippen LogP contribution in [0.3, 0.4) is 0 Å². The Balaban J connectivity index is 4.65. The molecular weight excluding hydrogens is 1560 g/mol. The lowest BCUT2D eigenvalue weighted by Gasteiger charge is -2.21. The predicted molar refractivity (Wildman–Crippen MR) is 509 cm³/mol. The lowest BCUT2D eigenvalue weighted by atomic mass is 10.0. The molecular formula is C103H180O16P2. The third-order valence-corrected chi connectivity index (χ3v) is 22.9. The summed E-state index contributed by atoms with van der Waals surface area (Å²) in [6, 6.07) is 0. The molecule has 0 radical (unpaired) electrons. The summed E-state index contributed by atoms with van der Waals surface area (Å²) in [5.74, 6) is -1.56. The number of ether oxygens (including phenoxy) is 3. The van der Waals surface area contributed by atoms with Crippen molar-refractivity contribution in [3.63, 3.8) is 0 Å². The van der Waals surface area contributed by atoms with E-state index < -0.39 is 91.5 Å². The lowest BCUT2D eigenvalue weighted by molar-refractivity contribution is -0.161. The summed E-state index contributed by atoms with van der Waals surface area (Å²) in [6.07, 6.45) is 120. The van der Waals surface area contributed by atoms with Crippen molar-refractivity contribution in [2.24, 2.45) is 0 Å². The lowest BCUT2D eigenvalue weighted by Crippen LogP contribution is -2.30. The van der Waals surface area contributed by atoms with E-state index in [2.05, 4.69) is 167 Å². The second kappa shape index (κ2) is 94.6. The van der Waals surface area contributed by atoms with E-state index in [1.165, 1.54) is 231 Å². The number of esters is 3. The third-order valence-electron chi connectivity index (χ3n) is 21.0. The molecule has 0 fully saturated rings. The molecule has 5 unspecified atom stereocenters. The number of phosphoric acid groups is 2. The monoisotopic (exact) mass is 1740 g/mol. The molecule has 0 aromatic carbocycles. The van der Waals surface area contributed by atoms with Gasteiger partial charge in [-0.25, -0.2) is 9.13 Å². The van der Waals surface area contributed by atoms with Crippen LogP contribution in [0.25, 0.3) is 0 Å². The molecule has 16 nitrogen and oxygen atoms in total. The van der Waals surface area contributed by atoms with Crippen LogP contribution in [0, 0.1) is 0 Å². The van der Waals surface area contributed by atoms with E-state index in [0.717, 1.165) is 141 Å². The van der Waals surface area contributed by atoms with Crippen molar-refractivity contribution < 1.29 is 75.8 Å². The van der Waals surface area contributed by atoms with E-state index in [-0.39, 0.29) is 19.3 Å². The Morgan fingerprint density at radius 1 is 0.231 bits per heavy atom. The van der Waals surface area contributed by atoms with E-state index in [4.69, 9.17) is 32.3 Å². The predicted octanol–water partition coefficient (Wildman–Crippen LogP) is 30.7. The number of hydrogen-bond donors (Lipinski definition) is 4. The summed E-state index contributed by atoms with van der Waals surface area (Å²) in [7, 11) is -9.81. The van der Waals surface area contributed by atoms with Crippen molar-refractivity contribution in [1.82, 2.24) is 0 Å². The van der Waals surface area contributed by atoms with Gasteiger partial charge < -0.3 is 34.2 Å². The minimum absolute atomic E-state index is 0.0985. The van der Waals surface area contributed by atoms with Gasteiger partial charge in [-0.2, -0.15) is 0 Å². The normalized spacial score (nSPS) is 14.3. The average molecular weight is 1740 g/mol. The first-order chi connectivity index (χ1) is 59.2. The molecule has 0 bridgehead atoms. The Labute approximate surface area is 740 Å². The van der Waals surface area contributed by atoms with Crippen LogP contribution in [0.2, 0.25) is 0 Å². The van der Waals surface area contributed by atoms with Gasteiger partial charge in [0.1, 0.15) is 25.4 Å². The van der Waals surface area contributed by atoms with Crippen molar-refractivity contribution in [3.8, 4) is 0 Å². The van der Waals surface area contributed by atoms with E-state index in [1.807, 2.05) is 0 Å². The molecule has 0 aliphatic heterocycles. The standard InChI is InChI=1S/C103H180O16P2/c1-4-7-10-13-16-19-22-25-28-31-34-37-40-43-46-48-51-53-56-59-62-65-68-71-74-77-80-83-86-89-101(106)113-92-98(104)93-115-120(109,110)116-94-99(105)95-117-121(111,112)118-97-100(119-103(108)91-88-85-82-79-76-73-70-67-64-61-58-55-50-45-42-39-36-33-30-27-24-21-18-15-12-9-6-3)96-114-102(107)90-87-84-81-78-75-72-69-66-63-60-57-54-52-49-47-44-41-38-35-32-29-26-23-20-17-14-11-8-5-2/h16-21,25-30,34-39,43-47,50,98-100,104-105H,4-15,22-24,31-33,40-42,48-49,51-97H2,1-3H3,(H,109,110)(H,111,112)/b19-16-,20-17-,21-18-,28-25-,29-26-,30-27-,37-34-,38-35-,39-36-,46-43-,47-44-,50-45-. The van der Waals surface area contributed by atoms with Crippen LogP contribution in [0.1, 0.15) is 432 Å². The summed E-state index contributed by atoms with van der Waals surface area (Å²) >= 11 is 0. The number of allylic oxidation sites excluding steroid dienone is 24. The topological polar surface area (TPSA) is 231 Å². The fourth-order valence-electron chi connectivity index (χ4n) is 13.5. The smallest absolute Gasteiger partial charge is 0.463 e. The molecule has 698 valence electrons. The Morgan fingerprint density at radius 2 is 0.413 bits per heavy atom. The van der Waals surface area contributed by atoms with Gasteiger partial charge in [0.05, 0.1) is 26.4 Å². The number of carbonyl (C=O) groups excluding carboxylic acids is 3. The molecule has 0 aromatic rings. The number of hydrogen-bond acceptors (Lipinski definition) is 14. The summed E-state index contributed by atoms with van der Waals surface area (Å²) in [5.41, 5.74) is 0. The molecule has 0 saturated heterocycles. The van der Waals surface area contributed by atoms with Crippen molar-refractivity contribution in [3.05, 3.63) is 146 Å². The van der Waals surface area contributed by atoms with Crippen LogP contribution < -0.4 is 0 Å². The molecule has 5 atom stereocenters. The summed E-state index contributed by atoms with van der Waals surface area (Å²) in [6.45, 7) is 2.67. The van der Waals surface area contributed by atoms with Gasteiger partial charge in [-0.3, -0.25) is 32.5 Å². The highest BCUT2D eigenvalue weighted by Crippen LogP contribution is 2.45. The van der Waals surface area contributed by atoms with Gasteiger partial charge in [0.2, 0.25) is 0 Å². The zero-order valence-corrected chi connectivity index (χ0v) is 79.0. The molecule has 0 aromatic heterocycles. The largest absolute Gasteiger partial charge is 0.472 e. The maximum absolute atomic E-state index is 13.1. The summed E-state index contributed by atoms with van der Waals surface area (Å²) < 4.78 is 61.6. The highest BCUT2D eigenvalue weighted by atomic mass is 31.2. The average Bonchev–Trinajstić information content (AvgIpc) is 0.907. The van der Waals surface area contributed by atoms with Crippen LogP contribution in [0.15, 0.2) is 146 Å². The van der Waals surface area contributed by atoms with Crippen molar-refractivity contribution in [2.75, 3.05) is 39.6 Å². The molecule has 4 N–H and O–H groups in total. The van der Waals surface area contributed by atoms with Crippen LogP contribution in [0.5, 0.6) is 0 Å². The summed E-state index contributed by atoms with van der Waals surface area (Å²) in [4.78, 5) is 59.1. The fourth-order valence-corrected chi connectivity index (χ4v) is 15.1.